The monoisotopic (exact) mass is 1840 g/mol. The lowest BCUT2D eigenvalue weighted by Gasteiger charge is -2.27. The van der Waals surface area contributed by atoms with Crippen molar-refractivity contribution in [3.05, 3.63) is 228 Å². The van der Waals surface area contributed by atoms with Crippen LogP contribution in [0.25, 0.3) is 83.6 Å². The van der Waals surface area contributed by atoms with E-state index in [4.69, 9.17) is 27.9 Å². The van der Waals surface area contributed by atoms with Gasteiger partial charge in [0.1, 0.15) is 124 Å². The number of fused-ring (bicyclic) bond motifs is 5. The predicted molar refractivity (Wildman–Crippen MR) is 511 cm³/mol. The van der Waals surface area contributed by atoms with Crippen LogP contribution in [0.5, 0.6) is 34.5 Å². The number of alkyl halides is 3. The molecular formula is C102H121Cl2F6N15O6. The van der Waals surface area contributed by atoms with E-state index < -0.39 is 23.4 Å². The molecular weight excluding hydrogens is 1720 g/mol. The van der Waals surface area contributed by atoms with Crippen LogP contribution < -0.4 is 4.74 Å². The minimum Gasteiger partial charge on any atom is -0.505 e. The van der Waals surface area contributed by atoms with Crippen LogP contribution in [0.4, 0.5) is 26.3 Å². The Balaban J connectivity index is 0.000000158. The zero-order chi connectivity index (χ0) is 97.8. The molecule has 131 heavy (non-hydrogen) atoms. The van der Waals surface area contributed by atoms with Gasteiger partial charge in [-0.3, -0.25) is 0 Å². The molecule has 0 fully saturated rings. The predicted octanol–water partition coefficient (Wildman–Crippen LogP) is 26.4. The van der Waals surface area contributed by atoms with Gasteiger partial charge in [-0.2, -0.15) is 13.2 Å². The number of ether oxygens (including phenoxy) is 1. The second kappa shape index (κ2) is 35.4. The molecule has 5 aromatic heterocycles. The molecule has 0 amide bonds. The molecule has 0 aliphatic heterocycles. The molecule has 0 saturated carbocycles. The number of aromatic hydroxyl groups is 5. The molecule has 0 atom stereocenters. The molecule has 696 valence electrons. The lowest BCUT2D eigenvalue weighted by atomic mass is 9.80. The largest absolute Gasteiger partial charge is 0.505 e. The molecule has 0 unspecified atom stereocenters. The van der Waals surface area contributed by atoms with Crippen LogP contribution in [0, 0.1) is 17.5 Å². The van der Waals surface area contributed by atoms with Crippen LogP contribution >= 0.6 is 23.2 Å². The van der Waals surface area contributed by atoms with Crippen molar-refractivity contribution in [3.8, 4) is 62.9 Å². The number of phenolic OH excluding ortho intramolecular Hbond substituents is 5. The normalized spacial score (nSPS) is 12.8. The molecule has 0 saturated heterocycles. The van der Waals surface area contributed by atoms with Crippen molar-refractivity contribution in [1.29, 1.82) is 0 Å². The third-order valence-electron chi connectivity index (χ3n) is 22.4. The highest BCUT2D eigenvalue weighted by Crippen LogP contribution is 2.47. The molecule has 0 aliphatic carbocycles. The number of nitrogens with zero attached hydrogens (tertiary/aromatic N) is 15. The highest BCUT2D eigenvalue weighted by atomic mass is 35.5. The molecule has 29 heteroatoms. The van der Waals surface area contributed by atoms with Crippen LogP contribution in [0.15, 0.2) is 140 Å². The van der Waals surface area contributed by atoms with Gasteiger partial charge < -0.3 is 30.3 Å². The van der Waals surface area contributed by atoms with Crippen molar-refractivity contribution in [3.63, 3.8) is 0 Å². The number of phenols is 5. The average molecular weight is 1840 g/mol. The number of benzene rings is 10. The van der Waals surface area contributed by atoms with E-state index in [0.717, 1.165) is 96.7 Å². The topological polar surface area (TPSA) is 264 Å². The summed E-state index contributed by atoms with van der Waals surface area (Å²) in [4.78, 5) is 6.82. The molecule has 5 N–H and O–H groups in total. The van der Waals surface area contributed by atoms with Crippen molar-refractivity contribution >= 4 is 78.4 Å². The number of halogens is 8. The van der Waals surface area contributed by atoms with E-state index in [2.05, 4.69) is 229 Å². The summed E-state index contributed by atoms with van der Waals surface area (Å²) < 4.78 is 84.6. The van der Waals surface area contributed by atoms with Crippen molar-refractivity contribution in [2.24, 2.45) is 0 Å². The van der Waals surface area contributed by atoms with E-state index in [1.165, 1.54) is 42.2 Å². The summed E-state index contributed by atoms with van der Waals surface area (Å²) in [7, 11) is 1.62. The maximum atomic E-state index is 13.5. The lowest BCUT2D eigenvalue weighted by Crippen LogP contribution is -2.18. The van der Waals surface area contributed by atoms with Crippen molar-refractivity contribution in [1.82, 2.24) is 75.0 Å². The van der Waals surface area contributed by atoms with Crippen LogP contribution in [0.2, 0.25) is 10.0 Å². The van der Waals surface area contributed by atoms with E-state index in [9.17, 15) is 51.9 Å². The summed E-state index contributed by atoms with van der Waals surface area (Å²) in [5.41, 5.74) is 13.7. The highest BCUT2D eigenvalue weighted by molar-refractivity contribution is 6.42. The Morgan fingerprint density at radius 3 is 0.695 bits per heavy atom. The van der Waals surface area contributed by atoms with Gasteiger partial charge in [0, 0.05) is 52.1 Å². The molecule has 0 spiro atoms. The fraction of sp³-hybridized carbons (Fsp3) is 0.412. The fourth-order valence-corrected chi connectivity index (χ4v) is 14.6. The molecule has 0 radical (unpaired) electrons. The molecule has 5 heterocycles. The second-order valence-corrected chi connectivity index (χ2v) is 44.4. The lowest BCUT2D eigenvalue weighted by molar-refractivity contribution is -0.137. The Morgan fingerprint density at radius 1 is 0.244 bits per heavy atom. The van der Waals surface area contributed by atoms with E-state index >= 15 is 0 Å². The first-order chi connectivity index (χ1) is 59.9. The van der Waals surface area contributed by atoms with Gasteiger partial charge in [-0.15, -0.1) is 75.0 Å². The standard InChI is InChI=1S/C21H24F3N3O.C21H27N3O2.C20H23Cl2N3O.C20H23F2N3O.C20H24FN3O/c1-19(2,3)13-9-14(20(4,5)6)18(28)17(11-13)27-25-15-8-7-12(21(22,23)24)10-16(15)26-27;1-20(2,3)13-10-15(21(4,5)6)19(25)18(11-13)24-22-16-9-8-14(26-7)12-17(16)23-24;2*1-19(2,3)11-7-12(20(4,5)6)18(26)17(8-11)25-23-15-9-13(21)14(22)10-16(15)24-25;1-19(2,3)12-9-14(20(4,5)6)18(25)17(10-12)24-22-15-8-7-13(21)11-16(15)23-24/h7-11,28H,1-6H3;8-12,25H,1-7H3;2*7-10,26H,1-6H3;7-11,25H,1-6H3. The van der Waals surface area contributed by atoms with Crippen molar-refractivity contribution in [2.75, 3.05) is 7.11 Å². The van der Waals surface area contributed by atoms with Crippen molar-refractivity contribution in [2.45, 2.75) is 268 Å². The molecule has 15 aromatic rings. The van der Waals surface area contributed by atoms with Crippen LogP contribution in [-0.2, 0) is 60.3 Å². The fourth-order valence-electron chi connectivity index (χ4n) is 14.2. The van der Waals surface area contributed by atoms with Crippen LogP contribution in [0.3, 0.4) is 0 Å². The van der Waals surface area contributed by atoms with E-state index in [-0.39, 0.29) is 105 Å². The SMILES string of the molecule is CC(C)(C)c1cc(-n2nc3cc(Cl)c(Cl)cc3n2)c(O)c(C(C)(C)C)c1.CC(C)(C)c1cc(-n2nc3cc(F)c(F)cc3n2)c(O)c(C(C)(C)C)c1.CC(C)(C)c1cc(-n2nc3ccc(C(F)(F)F)cc3n2)c(O)c(C(C)(C)C)c1.CC(C)(C)c1cc(-n2nc3ccc(F)cc3n2)c(O)c(C(C)(C)C)c1.COc1ccc2nn(-c3cc(C(C)(C)C)cc(C(C)(C)C)c3O)nc2c1. The number of hydrogen-bond acceptors (Lipinski definition) is 16. The highest BCUT2D eigenvalue weighted by Gasteiger charge is 2.36. The van der Waals surface area contributed by atoms with Crippen molar-refractivity contribution < 1.29 is 56.6 Å². The van der Waals surface area contributed by atoms with Gasteiger partial charge in [0.05, 0.1) is 22.7 Å². The molecule has 0 bridgehead atoms. The van der Waals surface area contributed by atoms with E-state index in [1.807, 2.05) is 102 Å². The van der Waals surface area contributed by atoms with Gasteiger partial charge in [-0.25, -0.2) is 13.2 Å². The minimum absolute atomic E-state index is 0.0249. The first kappa shape index (κ1) is 99.7. The number of methoxy groups -OCH3 is 1. The van der Waals surface area contributed by atoms with Gasteiger partial charge in [0.2, 0.25) is 0 Å². The smallest absolute Gasteiger partial charge is 0.416 e. The average Bonchev–Trinajstić information content (AvgIpc) is 1.76. The number of aromatic nitrogens is 15. The maximum Gasteiger partial charge on any atom is 0.416 e. The van der Waals surface area contributed by atoms with Gasteiger partial charge in [0.25, 0.3) is 0 Å². The summed E-state index contributed by atoms with van der Waals surface area (Å²) >= 11 is 12.2. The summed E-state index contributed by atoms with van der Waals surface area (Å²) in [6.45, 7) is 62.3. The Kier molecular flexibility index (Phi) is 26.9. The third-order valence-corrected chi connectivity index (χ3v) is 23.1. The zero-order valence-electron chi connectivity index (χ0n) is 80.7. The summed E-state index contributed by atoms with van der Waals surface area (Å²) in [6, 6.07) is 38.0. The van der Waals surface area contributed by atoms with Gasteiger partial charge in [0.15, 0.2) is 11.6 Å². The van der Waals surface area contributed by atoms with Gasteiger partial charge in [-0.05, 0) is 167 Å². The summed E-state index contributed by atoms with van der Waals surface area (Å²) in [5, 5.41) is 99.2. The second-order valence-electron chi connectivity index (χ2n) is 43.6. The maximum absolute atomic E-state index is 13.5. The summed E-state index contributed by atoms with van der Waals surface area (Å²) in [6.07, 6.45) is -4.45. The number of hydrogen-bond donors (Lipinski definition) is 5. The molecule has 21 nitrogen and oxygen atoms in total. The first-order valence-electron chi connectivity index (χ1n) is 43.1. The van der Waals surface area contributed by atoms with Crippen LogP contribution in [-0.4, -0.2) is 108 Å². The Morgan fingerprint density at radius 2 is 0.458 bits per heavy atom. The van der Waals surface area contributed by atoms with Crippen LogP contribution in [0.1, 0.15) is 269 Å². The molecule has 10 aromatic carbocycles. The first-order valence-corrected chi connectivity index (χ1v) is 43.9. The molecule has 15 rings (SSSR count). The quantitative estimate of drug-likeness (QED) is 0.0969. The summed E-state index contributed by atoms with van der Waals surface area (Å²) in [5.74, 6) is -0.943. The van der Waals surface area contributed by atoms with Gasteiger partial charge in [-0.1, -0.05) is 261 Å². The van der Waals surface area contributed by atoms with Gasteiger partial charge >= 0.3 is 6.18 Å². The minimum atomic E-state index is -4.45. The Hall–Kier alpha value is -11.8. The Bertz CT molecular complexity index is 6590. The van der Waals surface area contributed by atoms with E-state index in [1.54, 1.807) is 31.4 Å². The third kappa shape index (κ3) is 22.3. The number of rotatable bonds is 6. The Labute approximate surface area is 771 Å². The van der Waals surface area contributed by atoms with E-state index in [0.29, 0.717) is 66.1 Å². The molecule has 0 aliphatic rings. The zero-order valence-corrected chi connectivity index (χ0v) is 82.2.